The highest BCUT2D eigenvalue weighted by atomic mass is 32.2. The van der Waals surface area contributed by atoms with Crippen LogP contribution in [0, 0.1) is 0 Å². The molecular formula is C21H21N5O6S2. The predicted octanol–water partition coefficient (Wildman–Crippen LogP) is -0.0783. The number of allylic oxidation sites excluding steroid dienone is 1. The van der Waals surface area contributed by atoms with Crippen molar-refractivity contribution in [3.05, 3.63) is 45.5 Å². The van der Waals surface area contributed by atoms with E-state index in [-0.39, 0.29) is 28.1 Å². The molecule has 1 saturated carbocycles. The summed E-state index contributed by atoms with van der Waals surface area (Å²) >= 11 is 2.37. The molecule has 0 spiro atoms. The number of H-pyrrole nitrogens is 1. The molecule has 0 aromatic carbocycles. The van der Waals surface area contributed by atoms with E-state index in [9.17, 15) is 29.1 Å². The molecule has 0 bridgehead atoms. The molecule has 178 valence electrons. The Morgan fingerprint density at radius 2 is 2.12 bits per heavy atom. The average Bonchev–Trinajstić information content (AvgIpc) is 3.59. The summed E-state index contributed by atoms with van der Waals surface area (Å²) in [5.41, 5.74) is 0.536. The van der Waals surface area contributed by atoms with Gasteiger partial charge in [-0.05, 0) is 30.9 Å². The average molecular weight is 504 g/mol. The van der Waals surface area contributed by atoms with Crippen molar-refractivity contribution < 1.29 is 24.3 Å². The van der Waals surface area contributed by atoms with Gasteiger partial charge in [-0.15, -0.1) is 11.8 Å². The van der Waals surface area contributed by atoms with Crippen LogP contribution in [-0.2, 0) is 19.2 Å². The number of carbonyl (C=O) groups is 4. The zero-order chi connectivity index (χ0) is 24.0. The fraction of sp³-hybridized carbons (Fsp3) is 0.429. The van der Waals surface area contributed by atoms with E-state index < -0.39 is 29.2 Å². The van der Waals surface area contributed by atoms with Crippen molar-refractivity contribution in [3.63, 3.8) is 0 Å². The summed E-state index contributed by atoms with van der Waals surface area (Å²) in [6, 6.07) is 0.715. The van der Waals surface area contributed by atoms with Gasteiger partial charge in [-0.25, -0.2) is 9.78 Å². The predicted molar refractivity (Wildman–Crippen MR) is 123 cm³/mol. The number of nitrogens with zero attached hydrogens (tertiary/aromatic N) is 3. The van der Waals surface area contributed by atoms with Crippen LogP contribution in [-0.4, -0.2) is 84.1 Å². The van der Waals surface area contributed by atoms with E-state index >= 15 is 0 Å². The van der Waals surface area contributed by atoms with Gasteiger partial charge in [0.05, 0.1) is 5.75 Å². The lowest BCUT2D eigenvalue weighted by molar-refractivity contribution is -0.150. The molecule has 3 aliphatic heterocycles. The highest BCUT2D eigenvalue weighted by molar-refractivity contribution is 8.00. The van der Waals surface area contributed by atoms with Gasteiger partial charge >= 0.3 is 5.97 Å². The third kappa shape index (κ3) is 4.25. The smallest absolute Gasteiger partial charge is 0.352 e. The van der Waals surface area contributed by atoms with Crippen molar-refractivity contribution in [2.45, 2.75) is 41.9 Å². The quantitative estimate of drug-likeness (QED) is 0.201. The second-order valence-electron chi connectivity index (χ2n) is 8.31. The van der Waals surface area contributed by atoms with E-state index in [1.54, 1.807) is 6.08 Å². The van der Waals surface area contributed by atoms with Gasteiger partial charge in [-0.3, -0.25) is 24.1 Å². The molecule has 2 saturated heterocycles. The number of fused-ring (bicyclic) bond motifs is 1. The Morgan fingerprint density at radius 1 is 1.32 bits per heavy atom. The van der Waals surface area contributed by atoms with E-state index in [1.165, 1.54) is 28.9 Å². The van der Waals surface area contributed by atoms with Gasteiger partial charge in [0.1, 0.15) is 17.1 Å². The molecule has 1 aromatic heterocycles. The largest absolute Gasteiger partial charge is 0.477 e. The maximum Gasteiger partial charge on any atom is 0.352 e. The molecule has 1 aromatic rings. The number of carbonyl (C=O) groups excluding carboxylic acids is 3. The summed E-state index contributed by atoms with van der Waals surface area (Å²) < 4.78 is 0. The first kappa shape index (κ1) is 22.7. The van der Waals surface area contributed by atoms with Crippen LogP contribution >= 0.6 is 23.5 Å². The van der Waals surface area contributed by atoms with Crippen molar-refractivity contribution in [1.29, 1.82) is 0 Å². The molecule has 3 N–H and O–H groups in total. The van der Waals surface area contributed by atoms with E-state index in [0.717, 1.165) is 24.6 Å². The molecule has 3 amide bonds. The van der Waals surface area contributed by atoms with Crippen molar-refractivity contribution in [2.75, 3.05) is 18.1 Å². The summed E-state index contributed by atoms with van der Waals surface area (Å²) in [5.74, 6) is -1.99. The lowest BCUT2D eigenvalue weighted by Gasteiger charge is -2.49. The monoisotopic (exact) mass is 503 g/mol. The van der Waals surface area contributed by atoms with Crippen molar-refractivity contribution in [2.24, 2.45) is 0 Å². The number of hydrogen-bond acceptors (Lipinski definition) is 8. The number of nitrogens with one attached hydrogen (secondary N) is 2. The number of thioether (sulfide) groups is 2. The number of aromatic amines is 1. The van der Waals surface area contributed by atoms with Gasteiger partial charge in [0.15, 0.2) is 5.16 Å². The van der Waals surface area contributed by atoms with Gasteiger partial charge in [-0.2, -0.15) is 0 Å². The number of hydrogen-bond donors (Lipinski definition) is 3. The molecule has 34 heavy (non-hydrogen) atoms. The molecule has 0 radical (unpaired) electrons. The molecule has 13 heteroatoms. The number of aromatic nitrogens is 2. The van der Waals surface area contributed by atoms with Crippen molar-refractivity contribution in [1.82, 2.24) is 25.1 Å². The van der Waals surface area contributed by atoms with Gasteiger partial charge in [0.25, 0.3) is 11.5 Å². The van der Waals surface area contributed by atoms with Gasteiger partial charge in [0.2, 0.25) is 11.8 Å². The molecule has 11 nitrogen and oxygen atoms in total. The number of aliphatic carboxylic acids is 1. The number of likely N-dealkylation sites (tertiary alicyclic amines) is 1. The third-order valence-corrected chi connectivity index (χ3v) is 8.19. The first-order chi connectivity index (χ1) is 16.3. The summed E-state index contributed by atoms with van der Waals surface area (Å²) in [4.78, 5) is 70.6. The molecule has 3 fully saturated rings. The summed E-state index contributed by atoms with van der Waals surface area (Å²) in [6.45, 7) is 0.641. The van der Waals surface area contributed by atoms with Crippen LogP contribution in [0.4, 0.5) is 0 Å². The van der Waals surface area contributed by atoms with Crippen LogP contribution < -0.4 is 10.9 Å². The Kier molecular flexibility index (Phi) is 5.98. The van der Waals surface area contributed by atoms with Crippen LogP contribution in [0.5, 0.6) is 0 Å². The zero-order valence-corrected chi connectivity index (χ0v) is 19.5. The normalized spacial score (nSPS) is 25.5. The van der Waals surface area contributed by atoms with Gasteiger partial charge in [-0.1, -0.05) is 11.8 Å². The summed E-state index contributed by atoms with van der Waals surface area (Å²) in [6.07, 6.45) is 5.54. The molecule has 4 heterocycles. The van der Waals surface area contributed by atoms with Crippen LogP contribution in [0.1, 0.15) is 19.3 Å². The topological polar surface area (TPSA) is 153 Å². The lowest BCUT2D eigenvalue weighted by atomic mass is 10.0. The highest BCUT2D eigenvalue weighted by Crippen LogP contribution is 2.41. The fourth-order valence-electron chi connectivity index (χ4n) is 4.24. The van der Waals surface area contributed by atoms with E-state index in [1.807, 2.05) is 4.90 Å². The standard InChI is InChI=1S/C21H21N5O6S2/c27-13-3-5-22-21(24-13)34-9-14(28)23-15-18(30)26-16(20(31)32)11(8-33-19(15)26)7-10-4-6-25(17(10)29)12-1-2-12/h3,5,7,12,15,19H,1-2,4,6,8-9H2,(H,23,28)(H,31,32)(H,22,24,27)/b10-7+/t15-,19-/m1/s1. The highest BCUT2D eigenvalue weighted by Gasteiger charge is 2.54. The number of carboxylic acid groups (broad SMARTS) is 1. The van der Waals surface area contributed by atoms with Gasteiger partial charge in [0, 0.05) is 36.2 Å². The maximum absolute atomic E-state index is 12.8. The Labute approximate surface area is 202 Å². The number of carboxylic acids is 1. The summed E-state index contributed by atoms with van der Waals surface area (Å²) in [5, 5.41) is 12.2. The third-order valence-electron chi connectivity index (χ3n) is 6.00. The fourth-order valence-corrected chi connectivity index (χ4v) is 6.21. The van der Waals surface area contributed by atoms with E-state index in [2.05, 4.69) is 15.3 Å². The van der Waals surface area contributed by atoms with Crippen LogP contribution in [0.2, 0.25) is 0 Å². The Bertz CT molecular complexity index is 1210. The minimum absolute atomic E-state index is 0.0568. The number of rotatable bonds is 7. The van der Waals surface area contributed by atoms with Crippen LogP contribution in [0.3, 0.4) is 0 Å². The number of amides is 3. The lowest BCUT2D eigenvalue weighted by Crippen LogP contribution is -2.70. The minimum Gasteiger partial charge on any atom is -0.477 e. The second kappa shape index (κ2) is 8.95. The Balaban J connectivity index is 1.26. The second-order valence-corrected chi connectivity index (χ2v) is 10.4. The molecule has 5 rings (SSSR count). The van der Waals surface area contributed by atoms with Crippen molar-refractivity contribution in [3.8, 4) is 0 Å². The first-order valence-electron chi connectivity index (χ1n) is 10.7. The molecular weight excluding hydrogens is 482 g/mol. The molecule has 1 aliphatic carbocycles. The van der Waals surface area contributed by atoms with Crippen LogP contribution in [0.15, 0.2) is 45.1 Å². The zero-order valence-electron chi connectivity index (χ0n) is 17.9. The first-order valence-corrected chi connectivity index (χ1v) is 12.8. The van der Waals surface area contributed by atoms with Crippen molar-refractivity contribution >= 4 is 47.2 Å². The molecule has 4 aliphatic rings. The van der Waals surface area contributed by atoms with E-state index in [4.69, 9.17) is 0 Å². The minimum atomic E-state index is -1.24. The van der Waals surface area contributed by atoms with Crippen LogP contribution in [0.25, 0.3) is 0 Å². The summed E-state index contributed by atoms with van der Waals surface area (Å²) in [7, 11) is 0. The Hall–Kier alpha value is -3.06. The van der Waals surface area contributed by atoms with Gasteiger partial charge < -0.3 is 20.3 Å². The maximum atomic E-state index is 12.8. The molecule has 0 unspecified atom stereocenters. The Morgan fingerprint density at radius 3 is 2.82 bits per heavy atom. The molecule has 2 atom stereocenters. The SMILES string of the molecule is O=C(CSc1nccc(=O)[nH]1)N[C@@H]1C(=O)N2C(C(=O)O)=C(/C=C3\CCN(C4CC4)C3=O)CS[C@H]12. The van der Waals surface area contributed by atoms with E-state index in [0.29, 0.717) is 35.9 Å². The number of β-lactam (4-membered cyclic amide) rings is 1.